The number of nitrogens with zero attached hydrogens (tertiary/aromatic N) is 1. The lowest BCUT2D eigenvalue weighted by Gasteiger charge is -2.08. The van der Waals surface area contributed by atoms with Gasteiger partial charge in [0, 0.05) is 22.4 Å². The fourth-order valence-electron chi connectivity index (χ4n) is 1.27. The van der Waals surface area contributed by atoms with Crippen LogP contribution in [0.2, 0.25) is 0 Å². The van der Waals surface area contributed by atoms with Gasteiger partial charge in [0.1, 0.15) is 12.4 Å². The van der Waals surface area contributed by atoms with Crippen LogP contribution in [0.3, 0.4) is 0 Å². The average Bonchev–Trinajstić information content (AvgIpc) is 2.32. The number of ether oxygens (including phenoxy) is 1. The van der Waals surface area contributed by atoms with E-state index < -0.39 is 0 Å². The molecule has 0 radical (unpaired) electrons. The first-order valence-electron chi connectivity index (χ1n) is 4.93. The number of aromatic nitrogens is 1. The summed E-state index contributed by atoms with van der Waals surface area (Å²) < 4.78 is 7.47. The number of hydrogen-bond donors (Lipinski definition) is 1. The molecule has 1 heterocycles. The zero-order valence-corrected chi connectivity index (χ0v) is 12.0. The Hall–Kier alpha value is -1.07. The molecule has 0 bridgehead atoms. The summed E-state index contributed by atoms with van der Waals surface area (Å²) in [5, 5.41) is 0. The van der Waals surface area contributed by atoms with Crippen LogP contribution in [-0.4, -0.2) is 4.98 Å². The van der Waals surface area contributed by atoms with E-state index in [1.165, 1.54) is 0 Å². The average molecular weight is 358 g/mol. The molecule has 1 aromatic carbocycles. The van der Waals surface area contributed by atoms with Crippen molar-refractivity contribution in [2.75, 3.05) is 5.73 Å². The van der Waals surface area contributed by atoms with Gasteiger partial charge in [-0.05, 0) is 56.1 Å². The van der Waals surface area contributed by atoms with Gasteiger partial charge in [0.25, 0.3) is 0 Å². The summed E-state index contributed by atoms with van der Waals surface area (Å²) >= 11 is 6.74. The molecule has 0 spiro atoms. The van der Waals surface area contributed by atoms with Crippen molar-refractivity contribution in [2.45, 2.75) is 6.61 Å². The monoisotopic (exact) mass is 356 g/mol. The maximum atomic E-state index is 5.69. The van der Waals surface area contributed by atoms with Crippen molar-refractivity contribution in [3.05, 3.63) is 51.2 Å². The first-order valence-corrected chi connectivity index (χ1v) is 6.52. The first kappa shape index (κ1) is 12.4. The van der Waals surface area contributed by atoms with Crippen LogP contribution in [0.15, 0.2) is 45.5 Å². The summed E-state index contributed by atoms with van der Waals surface area (Å²) in [4.78, 5) is 4.23. The van der Waals surface area contributed by atoms with Gasteiger partial charge < -0.3 is 10.5 Å². The van der Waals surface area contributed by atoms with E-state index in [4.69, 9.17) is 10.5 Å². The molecule has 0 aliphatic carbocycles. The molecule has 17 heavy (non-hydrogen) atoms. The summed E-state index contributed by atoms with van der Waals surface area (Å²) in [6, 6.07) is 9.29. The lowest BCUT2D eigenvalue weighted by Crippen LogP contribution is -1.99. The molecule has 2 N–H and O–H groups in total. The van der Waals surface area contributed by atoms with E-state index in [0.29, 0.717) is 12.3 Å². The second kappa shape index (κ2) is 5.51. The number of nitrogens with two attached hydrogens (primary N) is 1. The number of hydrogen-bond acceptors (Lipinski definition) is 3. The van der Waals surface area contributed by atoms with Gasteiger partial charge in [0.2, 0.25) is 0 Å². The van der Waals surface area contributed by atoms with Gasteiger partial charge in [-0.1, -0.05) is 0 Å². The zero-order chi connectivity index (χ0) is 12.3. The van der Waals surface area contributed by atoms with Crippen LogP contribution < -0.4 is 10.5 Å². The molecule has 0 aliphatic rings. The lowest BCUT2D eigenvalue weighted by atomic mass is 10.3. The number of rotatable bonds is 3. The van der Waals surface area contributed by atoms with Crippen LogP contribution in [0, 0.1) is 0 Å². The van der Waals surface area contributed by atoms with Crippen molar-refractivity contribution in [2.24, 2.45) is 0 Å². The maximum absolute atomic E-state index is 5.69. The molecule has 0 amide bonds. The Morgan fingerprint density at radius 3 is 2.71 bits per heavy atom. The fourth-order valence-corrected chi connectivity index (χ4v) is 1.87. The topological polar surface area (TPSA) is 48.1 Å². The normalized spacial score (nSPS) is 10.2. The minimum Gasteiger partial charge on any atom is -0.486 e. The molecule has 3 nitrogen and oxygen atoms in total. The Morgan fingerprint density at radius 2 is 2.00 bits per heavy atom. The molecular formula is C12H10Br2N2O. The summed E-state index contributed by atoms with van der Waals surface area (Å²) in [6.07, 6.45) is 1.74. The lowest BCUT2D eigenvalue weighted by molar-refractivity contribution is 0.299. The van der Waals surface area contributed by atoms with E-state index in [1.54, 1.807) is 12.3 Å². The molecule has 0 aliphatic heterocycles. The van der Waals surface area contributed by atoms with Crippen molar-refractivity contribution >= 4 is 37.5 Å². The van der Waals surface area contributed by atoms with Gasteiger partial charge in [-0.2, -0.15) is 0 Å². The molecule has 2 rings (SSSR count). The van der Waals surface area contributed by atoms with Crippen LogP contribution in [0.5, 0.6) is 5.75 Å². The molecule has 5 heteroatoms. The zero-order valence-electron chi connectivity index (χ0n) is 8.86. The summed E-state index contributed by atoms with van der Waals surface area (Å²) in [5.41, 5.74) is 7.23. The van der Waals surface area contributed by atoms with Gasteiger partial charge in [-0.25, -0.2) is 0 Å². The van der Waals surface area contributed by atoms with Crippen LogP contribution in [0.1, 0.15) is 5.69 Å². The standard InChI is InChI=1S/C12H10Br2N2O/c13-8-1-3-10(16-6-8)7-17-12-5-9(15)2-4-11(12)14/h1-6H,7,15H2. The molecular weight excluding hydrogens is 348 g/mol. The van der Waals surface area contributed by atoms with Gasteiger partial charge in [-0.3, -0.25) is 4.98 Å². The van der Waals surface area contributed by atoms with Crippen molar-refractivity contribution in [3.8, 4) is 5.75 Å². The van der Waals surface area contributed by atoms with Crippen molar-refractivity contribution in [3.63, 3.8) is 0 Å². The minimum atomic E-state index is 0.412. The molecule has 0 saturated heterocycles. The molecule has 0 atom stereocenters. The fraction of sp³-hybridized carbons (Fsp3) is 0.0833. The third-order valence-electron chi connectivity index (χ3n) is 2.12. The Bertz CT molecular complexity index is 514. The molecule has 2 aromatic rings. The minimum absolute atomic E-state index is 0.412. The third-order valence-corrected chi connectivity index (χ3v) is 3.24. The van der Waals surface area contributed by atoms with E-state index in [0.717, 1.165) is 20.4 Å². The van der Waals surface area contributed by atoms with Gasteiger partial charge in [0.15, 0.2) is 0 Å². The van der Waals surface area contributed by atoms with Gasteiger partial charge in [-0.15, -0.1) is 0 Å². The van der Waals surface area contributed by atoms with Crippen LogP contribution in [0.4, 0.5) is 5.69 Å². The van der Waals surface area contributed by atoms with E-state index in [2.05, 4.69) is 36.8 Å². The van der Waals surface area contributed by atoms with Crippen molar-refractivity contribution in [1.82, 2.24) is 4.98 Å². The van der Waals surface area contributed by atoms with Crippen LogP contribution in [0.25, 0.3) is 0 Å². The summed E-state index contributed by atoms with van der Waals surface area (Å²) in [6.45, 7) is 0.412. The smallest absolute Gasteiger partial charge is 0.136 e. The van der Waals surface area contributed by atoms with E-state index in [9.17, 15) is 0 Å². The maximum Gasteiger partial charge on any atom is 0.136 e. The molecule has 88 valence electrons. The second-order valence-corrected chi connectivity index (χ2v) is 5.22. The number of benzene rings is 1. The van der Waals surface area contributed by atoms with Crippen molar-refractivity contribution in [1.29, 1.82) is 0 Å². The van der Waals surface area contributed by atoms with E-state index >= 15 is 0 Å². The van der Waals surface area contributed by atoms with Crippen LogP contribution >= 0.6 is 31.9 Å². The third kappa shape index (κ3) is 3.44. The SMILES string of the molecule is Nc1ccc(Br)c(OCc2ccc(Br)cn2)c1. The summed E-state index contributed by atoms with van der Waals surface area (Å²) in [7, 11) is 0. The highest BCUT2D eigenvalue weighted by atomic mass is 79.9. The number of anilines is 1. The molecule has 0 fully saturated rings. The first-order chi connectivity index (χ1) is 8.15. The number of nitrogen functional groups attached to an aromatic ring is 1. The predicted molar refractivity (Wildman–Crippen MR) is 74.8 cm³/mol. The van der Waals surface area contributed by atoms with Crippen molar-refractivity contribution < 1.29 is 4.74 Å². The van der Waals surface area contributed by atoms with Gasteiger partial charge >= 0.3 is 0 Å². The molecule has 1 aromatic heterocycles. The molecule has 0 saturated carbocycles. The quantitative estimate of drug-likeness (QED) is 0.850. The van der Waals surface area contributed by atoms with Crippen LogP contribution in [-0.2, 0) is 6.61 Å². The Kier molecular flexibility index (Phi) is 4.02. The number of pyridine rings is 1. The highest BCUT2D eigenvalue weighted by Gasteiger charge is 2.02. The Morgan fingerprint density at radius 1 is 1.18 bits per heavy atom. The largest absolute Gasteiger partial charge is 0.486 e. The van der Waals surface area contributed by atoms with E-state index in [-0.39, 0.29) is 0 Å². The van der Waals surface area contributed by atoms with Gasteiger partial charge in [0.05, 0.1) is 10.2 Å². The Balaban J connectivity index is 2.07. The Labute approximate surface area is 116 Å². The highest BCUT2D eigenvalue weighted by Crippen LogP contribution is 2.27. The number of halogens is 2. The highest BCUT2D eigenvalue weighted by molar-refractivity contribution is 9.10. The molecule has 0 unspecified atom stereocenters. The van der Waals surface area contributed by atoms with E-state index in [1.807, 2.05) is 24.3 Å². The summed E-state index contributed by atoms with van der Waals surface area (Å²) in [5.74, 6) is 0.717. The predicted octanol–water partition coefficient (Wildman–Crippen LogP) is 3.77. The second-order valence-electron chi connectivity index (χ2n) is 3.45.